The summed E-state index contributed by atoms with van der Waals surface area (Å²) in [4.78, 5) is 8.86. The van der Waals surface area contributed by atoms with E-state index in [9.17, 15) is 5.26 Å². The highest BCUT2D eigenvalue weighted by Crippen LogP contribution is 2.20. The zero-order valence-corrected chi connectivity index (χ0v) is 15.8. The number of hydrogen-bond donors (Lipinski definition) is 0. The van der Waals surface area contributed by atoms with E-state index in [1.54, 1.807) is 0 Å². The Balaban J connectivity index is 1.76. The van der Waals surface area contributed by atoms with Crippen LogP contribution in [0.25, 0.3) is 0 Å². The van der Waals surface area contributed by atoms with Gasteiger partial charge >= 0.3 is 0 Å². The Bertz CT molecular complexity index is 858. The first-order valence-corrected chi connectivity index (χ1v) is 8.91. The highest BCUT2D eigenvalue weighted by Gasteiger charge is 2.19. The number of nitrogens with zero attached hydrogens (tertiary/aromatic N) is 5. The van der Waals surface area contributed by atoms with E-state index in [4.69, 9.17) is 12.2 Å². The Labute approximate surface area is 154 Å². The molecule has 130 valence electrons. The molecule has 2 aromatic heterocycles. The van der Waals surface area contributed by atoms with E-state index < -0.39 is 0 Å². The molecule has 1 fully saturated rings. The van der Waals surface area contributed by atoms with Crippen molar-refractivity contribution in [1.29, 1.82) is 5.26 Å². The van der Waals surface area contributed by atoms with E-state index in [0.717, 1.165) is 49.7 Å². The number of nitriles is 1. The third kappa shape index (κ3) is 3.44. The largest absolute Gasteiger partial charge is 0.369 e. The first-order valence-electron chi connectivity index (χ1n) is 8.51. The number of rotatable bonds is 3. The van der Waals surface area contributed by atoms with E-state index in [1.807, 2.05) is 19.3 Å². The van der Waals surface area contributed by atoms with Crippen molar-refractivity contribution >= 4 is 17.9 Å². The molecule has 1 saturated heterocycles. The quantitative estimate of drug-likeness (QED) is 0.793. The molecule has 5 nitrogen and oxygen atoms in total. The molecule has 0 atom stereocenters. The minimum Gasteiger partial charge on any atom is -0.369 e. The van der Waals surface area contributed by atoms with Crippen molar-refractivity contribution in [2.24, 2.45) is 0 Å². The summed E-state index contributed by atoms with van der Waals surface area (Å²) in [7, 11) is 0. The fourth-order valence-electron chi connectivity index (χ4n) is 3.31. The molecule has 1 aliphatic rings. The second kappa shape index (κ2) is 7.34. The standard InChI is InChI=1S/C19H23N5S/c1-14-15(2)18(12-20)19(25)24(16(14)3)13-22-8-10-23(11-9-22)17-4-6-21-7-5-17/h4-7H,8-11,13H2,1-3H3. The molecule has 25 heavy (non-hydrogen) atoms. The average Bonchev–Trinajstić information content (AvgIpc) is 2.65. The third-order valence-corrected chi connectivity index (χ3v) is 5.62. The van der Waals surface area contributed by atoms with Crippen LogP contribution in [0.5, 0.6) is 0 Å². The van der Waals surface area contributed by atoms with Crippen molar-refractivity contribution in [2.45, 2.75) is 27.4 Å². The number of pyridine rings is 2. The number of aromatic nitrogens is 2. The first kappa shape index (κ1) is 17.6. The molecule has 0 spiro atoms. The van der Waals surface area contributed by atoms with Gasteiger partial charge in [0, 0.05) is 50.0 Å². The Morgan fingerprint density at radius 3 is 2.32 bits per heavy atom. The van der Waals surface area contributed by atoms with Crippen molar-refractivity contribution < 1.29 is 0 Å². The molecule has 3 rings (SSSR count). The van der Waals surface area contributed by atoms with Gasteiger partial charge < -0.3 is 9.47 Å². The van der Waals surface area contributed by atoms with Crippen molar-refractivity contribution in [2.75, 3.05) is 31.1 Å². The molecular weight excluding hydrogens is 330 g/mol. The van der Waals surface area contributed by atoms with E-state index in [2.05, 4.69) is 51.4 Å². The molecule has 0 saturated carbocycles. The fourth-order valence-corrected chi connectivity index (χ4v) is 3.71. The maximum atomic E-state index is 9.45. The zero-order chi connectivity index (χ0) is 18.0. The summed E-state index contributed by atoms with van der Waals surface area (Å²) in [5.41, 5.74) is 5.16. The lowest BCUT2D eigenvalue weighted by Crippen LogP contribution is -2.47. The Morgan fingerprint density at radius 2 is 1.72 bits per heavy atom. The van der Waals surface area contributed by atoms with E-state index in [0.29, 0.717) is 10.2 Å². The van der Waals surface area contributed by atoms with Gasteiger partial charge in [-0.05, 0) is 44.0 Å². The number of piperazine rings is 1. The van der Waals surface area contributed by atoms with Gasteiger partial charge in [-0.3, -0.25) is 9.88 Å². The predicted molar refractivity (Wildman–Crippen MR) is 102 cm³/mol. The van der Waals surface area contributed by atoms with Crippen LogP contribution in [0, 0.1) is 36.7 Å². The molecule has 2 aromatic rings. The lowest BCUT2D eigenvalue weighted by molar-refractivity contribution is 0.202. The summed E-state index contributed by atoms with van der Waals surface area (Å²) >= 11 is 5.59. The predicted octanol–water partition coefficient (Wildman–Crippen LogP) is 3.19. The highest BCUT2D eigenvalue weighted by molar-refractivity contribution is 7.71. The lowest BCUT2D eigenvalue weighted by atomic mass is 10.0. The van der Waals surface area contributed by atoms with Gasteiger partial charge in [0.15, 0.2) is 0 Å². The third-order valence-electron chi connectivity index (χ3n) is 5.20. The lowest BCUT2D eigenvalue weighted by Gasteiger charge is -2.36. The summed E-state index contributed by atoms with van der Waals surface area (Å²) in [6, 6.07) is 6.39. The Kier molecular flexibility index (Phi) is 5.16. The SMILES string of the molecule is Cc1c(C)c(C)n(CN2CCN(c3ccncc3)CC2)c(=S)c1C#N. The summed E-state index contributed by atoms with van der Waals surface area (Å²) in [5, 5.41) is 9.45. The van der Waals surface area contributed by atoms with Crippen molar-refractivity contribution in [3.63, 3.8) is 0 Å². The van der Waals surface area contributed by atoms with Gasteiger partial charge in [-0.1, -0.05) is 12.2 Å². The van der Waals surface area contributed by atoms with Crippen LogP contribution in [0.4, 0.5) is 5.69 Å². The fraction of sp³-hybridized carbons (Fsp3) is 0.421. The maximum absolute atomic E-state index is 9.45. The molecule has 1 aliphatic heterocycles. The van der Waals surface area contributed by atoms with E-state index in [-0.39, 0.29) is 0 Å². The van der Waals surface area contributed by atoms with Gasteiger partial charge in [0.2, 0.25) is 0 Å². The molecule has 0 aliphatic carbocycles. The summed E-state index contributed by atoms with van der Waals surface area (Å²) in [5.74, 6) is 0. The van der Waals surface area contributed by atoms with Crippen LogP contribution in [-0.2, 0) is 6.67 Å². The van der Waals surface area contributed by atoms with Gasteiger partial charge in [-0.15, -0.1) is 0 Å². The van der Waals surface area contributed by atoms with Crippen molar-refractivity contribution in [3.8, 4) is 6.07 Å². The molecule has 3 heterocycles. The molecule has 0 bridgehead atoms. The summed E-state index contributed by atoms with van der Waals surface area (Å²) in [6.07, 6.45) is 3.67. The number of anilines is 1. The van der Waals surface area contributed by atoms with Gasteiger partial charge in [0.25, 0.3) is 0 Å². The highest BCUT2D eigenvalue weighted by atomic mass is 32.1. The molecule has 0 amide bonds. The zero-order valence-electron chi connectivity index (χ0n) is 15.0. The van der Waals surface area contributed by atoms with Crippen LogP contribution in [-0.4, -0.2) is 40.6 Å². The topological polar surface area (TPSA) is 48.1 Å². The van der Waals surface area contributed by atoms with Crippen LogP contribution in [0.15, 0.2) is 24.5 Å². The Morgan fingerprint density at radius 1 is 1.08 bits per heavy atom. The van der Waals surface area contributed by atoms with Crippen LogP contribution in [0.2, 0.25) is 0 Å². The van der Waals surface area contributed by atoms with Crippen molar-refractivity contribution in [3.05, 3.63) is 51.6 Å². The Hall–Kier alpha value is -2.23. The second-order valence-corrected chi connectivity index (χ2v) is 6.89. The van der Waals surface area contributed by atoms with Crippen LogP contribution in [0.3, 0.4) is 0 Å². The van der Waals surface area contributed by atoms with E-state index in [1.165, 1.54) is 5.69 Å². The second-order valence-electron chi connectivity index (χ2n) is 6.51. The molecule has 0 N–H and O–H groups in total. The maximum Gasteiger partial charge on any atom is 0.125 e. The van der Waals surface area contributed by atoms with Crippen LogP contribution < -0.4 is 4.90 Å². The molecule has 0 radical (unpaired) electrons. The average molecular weight is 353 g/mol. The van der Waals surface area contributed by atoms with Crippen LogP contribution >= 0.6 is 12.2 Å². The first-order chi connectivity index (χ1) is 12.0. The number of hydrogen-bond acceptors (Lipinski definition) is 5. The van der Waals surface area contributed by atoms with E-state index >= 15 is 0 Å². The monoisotopic (exact) mass is 353 g/mol. The van der Waals surface area contributed by atoms with Gasteiger partial charge in [0.05, 0.1) is 12.2 Å². The van der Waals surface area contributed by atoms with Crippen LogP contribution in [0.1, 0.15) is 22.4 Å². The van der Waals surface area contributed by atoms with Gasteiger partial charge in [-0.2, -0.15) is 5.26 Å². The van der Waals surface area contributed by atoms with Crippen molar-refractivity contribution in [1.82, 2.24) is 14.5 Å². The molecular formula is C19H23N5S. The molecule has 0 unspecified atom stereocenters. The molecule has 6 heteroatoms. The smallest absolute Gasteiger partial charge is 0.125 e. The minimum absolute atomic E-state index is 0.633. The van der Waals surface area contributed by atoms with Gasteiger partial charge in [0.1, 0.15) is 10.7 Å². The molecule has 0 aromatic carbocycles. The minimum atomic E-state index is 0.633. The summed E-state index contributed by atoms with van der Waals surface area (Å²) in [6.45, 7) is 10.8. The summed E-state index contributed by atoms with van der Waals surface area (Å²) < 4.78 is 2.76. The van der Waals surface area contributed by atoms with Gasteiger partial charge in [-0.25, -0.2) is 0 Å². The normalized spacial score (nSPS) is 15.2.